The van der Waals surface area contributed by atoms with Crippen molar-refractivity contribution in [3.8, 4) is 0 Å². The maximum atomic E-state index is 13.3. The lowest BCUT2D eigenvalue weighted by atomic mass is 9.96. The van der Waals surface area contributed by atoms with Gasteiger partial charge in [-0.15, -0.1) is 0 Å². The molecule has 1 amide bonds. The van der Waals surface area contributed by atoms with Gasteiger partial charge in [-0.05, 0) is 89.9 Å². The number of carbonyl (C=O) groups excluding carboxylic acids is 1. The van der Waals surface area contributed by atoms with Gasteiger partial charge in [-0.2, -0.15) is 0 Å². The van der Waals surface area contributed by atoms with Gasteiger partial charge in [0.2, 0.25) is 5.91 Å². The monoisotopic (exact) mass is 1220 g/mol. The molecule has 19 heteroatoms. The first kappa shape index (κ1) is 76.7. The number of carbonyl (C=O) groups is 1. The summed E-state index contributed by atoms with van der Waals surface area (Å²) in [6.07, 6.45) is 36.5. The number of amides is 1. The summed E-state index contributed by atoms with van der Waals surface area (Å²) in [6, 6.07) is -1.00. The molecule has 12 N–H and O–H groups in total. The highest BCUT2D eigenvalue weighted by atomic mass is 16.8. The summed E-state index contributed by atoms with van der Waals surface area (Å²) < 4.78 is 34.2. The van der Waals surface area contributed by atoms with Crippen molar-refractivity contribution in [2.45, 2.75) is 279 Å². The highest BCUT2D eigenvalue weighted by Gasteiger charge is 2.53. The molecule has 17 atom stereocenters. The topological polar surface area (TPSA) is 307 Å². The Labute approximate surface area is 513 Å². The molecule has 0 saturated carbocycles. The van der Waals surface area contributed by atoms with E-state index in [1.807, 2.05) is 6.08 Å². The van der Waals surface area contributed by atoms with Crippen molar-refractivity contribution in [2.24, 2.45) is 0 Å². The van der Waals surface area contributed by atoms with Crippen LogP contribution >= 0.6 is 0 Å². The molecule has 3 aliphatic heterocycles. The molecular formula is C67H111NO18. The number of unbranched alkanes of at least 4 members (excludes halogenated alkanes) is 14. The fraction of sp³-hybridized carbons (Fsp3) is 0.716. The number of ether oxygens (including phenoxy) is 6. The largest absolute Gasteiger partial charge is 0.394 e. The van der Waals surface area contributed by atoms with Crippen LogP contribution in [0.3, 0.4) is 0 Å². The predicted molar refractivity (Wildman–Crippen MR) is 332 cm³/mol. The first-order chi connectivity index (χ1) is 41.8. The van der Waals surface area contributed by atoms with E-state index in [0.29, 0.717) is 12.8 Å². The zero-order valence-corrected chi connectivity index (χ0v) is 51.5. The molecular weight excluding hydrogens is 1110 g/mol. The minimum Gasteiger partial charge on any atom is -0.394 e. The first-order valence-electron chi connectivity index (χ1n) is 32.1. The first-order valence-corrected chi connectivity index (χ1v) is 32.1. The Balaban J connectivity index is 1.42. The van der Waals surface area contributed by atoms with E-state index in [4.69, 9.17) is 28.4 Å². The van der Waals surface area contributed by atoms with Crippen LogP contribution in [0.2, 0.25) is 0 Å². The summed E-state index contributed by atoms with van der Waals surface area (Å²) in [4.78, 5) is 13.3. The zero-order chi connectivity index (χ0) is 62.6. The van der Waals surface area contributed by atoms with Crippen LogP contribution in [0.5, 0.6) is 0 Å². The quantitative estimate of drug-likeness (QED) is 0.0214. The molecule has 492 valence electrons. The van der Waals surface area contributed by atoms with Crippen LogP contribution in [0.4, 0.5) is 0 Å². The smallest absolute Gasteiger partial charge is 0.220 e. The Bertz CT molecular complexity index is 1990. The minimum absolute atomic E-state index is 0.219. The second-order valence-corrected chi connectivity index (χ2v) is 22.5. The lowest BCUT2D eigenvalue weighted by molar-refractivity contribution is -0.379. The Morgan fingerprint density at radius 3 is 1.30 bits per heavy atom. The van der Waals surface area contributed by atoms with E-state index in [-0.39, 0.29) is 18.9 Å². The average Bonchev–Trinajstić information content (AvgIpc) is 2.62. The Kier molecular flexibility index (Phi) is 43.1. The van der Waals surface area contributed by atoms with Crippen molar-refractivity contribution in [1.29, 1.82) is 0 Å². The summed E-state index contributed by atoms with van der Waals surface area (Å²) in [5.41, 5.74) is 0. The molecule has 3 rings (SSSR count). The van der Waals surface area contributed by atoms with Gasteiger partial charge >= 0.3 is 0 Å². The van der Waals surface area contributed by atoms with Crippen LogP contribution in [-0.2, 0) is 33.2 Å². The molecule has 0 bridgehead atoms. The molecule has 0 aromatic carbocycles. The third-order valence-corrected chi connectivity index (χ3v) is 15.3. The predicted octanol–water partition coefficient (Wildman–Crippen LogP) is 7.10. The maximum Gasteiger partial charge on any atom is 0.220 e. The molecule has 86 heavy (non-hydrogen) atoms. The lowest BCUT2D eigenvalue weighted by Gasteiger charge is -2.48. The highest BCUT2D eigenvalue weighted by Crippen LogP contribution is 2.33. The van der Waals surface area contributed by atoms with E-state index < -0.39 is 124 Å². The molecule has 3 saturated heterocycles. The van der Waals surface area contributed by atoms with Crippen LogP contribution in [0.25, 0.3) is 0 Å². The summed E-state index contributed by atoms with van der Waals surface area (Å²) in [5, 5.41) is 120. The molecule has 0 spiro atoms. The number of aliphatic hydroxyl groups excluding tert-OH is 11. The number of hydrogen-bond acceptors (Lipinski definition) is 18. The van der Waals surface area contributed by atoms with Gasteiger partial charge in [0.1, 0.15) is 73.2 Å². The maximum absolute atomic E-state index is 13.3. The molecule has 3 fully saturated rings. The van der Waals surface area contributed by atoms with Crippen LogP contribution < -0.4 is 5.32 Å². The van der Waals surface area contributed by atoms with E-state index in [0.717, 1.165) is 96.3 Å². The van der Waals surface area contributed by atoms with E-state index >= 15 is 0 Å². The standard InChI is InChI=1S/C67H111NO18/c1-3-5-7-9-11-13-15-17-18-19-20-21-22-23-24-25-26-27-28-29-30-31-32-33-35-37-39-41-43-45-55(73)68-50(51(72)44-42-40-38-36-34-16-14-12-10-8-6-4-2)49-81-65-61(79)58(76)63(53(47-70)83-65)86-67-62(80)59(77)64(54(48-71)84-67)85-66-60(78)57(75)56(74)52(46-69)82-66/h5,7,10-13,17-18,20-21,23-24,26-27,34,36,42,44,50-54,56-67,69-72,74-80H,3-4,6,8-9,14-16,19,22,25,28-33,35,37-41,43,45-49H2,1-2H3,(H,68,73)/b7-5-,12-10+,13-11-,18-17-,21-20-,24-23-,27-26-,36-34+,44-42+. The Morgan fingerprint density at radius 2 is 0.814 bits per heavy atom. The average molecular weight is 1220 g/mol. The zero-order valence-electron chi connectivity index (χ0n) is 51.5. The molecule has 17 unspecified atom stereocenters. The van der Waals surface area contributed by atoms with Gasteiger partial charge in [-0.25, -0.2) is 0 Å². The van der Waals surface area contributed by atoms with E-state index in [1.165, 1.54) is 44.9 Å². The van der Waals surface area contributed by atoms with Gasteiger partial charge in [0.05, 0.1) is 38.6 Å². The second-order valence-electron chi connectivity index (χ2n) is 22.5. The van der Waals surface area contributed by atoms with E-state index in [2.05, 4.69) is 116 Å². The van der Waals surface area contributed by atoms with Gasteiger partial charge in [0, 0.05) is 6.42 Å². The number of allylic oxidation sites excluding steroid dienone is 17. The van der Waals surface area contributed by atoms with Crippen molar-refractivity contribution in [2.75, 3.05) is 26.4 Å². The van der Waals surface area contributed by atoms with Crippen molar-refractivity contribution in [3.05, 3.63) is 109 Å². The summed E-state index contributed by atoms with van der Waals surface area (Å²) >= 11 is 0. The van der Waals surface area contributed by atoms with Crippen LogP contribution in [0.1, 0.15) is 174 Å². The molecule has 0 aliphatic carbocycles. The van der Waals surface area contributed by atoms with Gasteiger partial charge in [0.25, 0.3) is 0 Å². The number of nitrogens with one attached hydrogen (secondary N) is 1. The van der Waals surface area contributed by atoms with E-state index in [1.54, 1.807) is 6.08 Å². The van der Waals surface area contributed by atoms with Gasteiger partial charge in [0.15, 0.2) is 18.9 Å². The molecule has 0 radical (unpaired) electrons. The molecule has 0 aromatic heterocycles. The van der Waals surface area contributed by atoms with Crippen molar-refractivity contribution in [3.63, 3.8) is 0 Å². The van der Waals surface area contributed by atoms with Crippen LogP contribution in [-0.4, -0.2) is 193 Å². The summed E-state index contributed by atoms with van der Waals surface area (Å²) in [6.45, 7) is 1.50. The van der Waals surface area contributed by atoms with E-state index in [9.17, 15) is 61.0 Å². The van der Waals surface area contributed by atoms with Gasteiger partial charge in [-0.1, -0.05) is 187 Å². The third kappa shape index (κ3) is 30.8. The van der Waals surface area contributed by atoms with Crippen molar-refractivity contribution >= 4 is 5.91 Å². The van der Waals surface area contributed by atoms with Gasteiger partial charge in [-0.3, -0.25) is 4.79 Å². The number of rotatable bonds is 46. The third-order valence-electron chi connectivity index (χ3n) is 15.3. The highest BCUT2D eigenvalue weighted by molar-refractivity contribution is 5.76. The fourth-order valence-electron chi connectivity index (χ4n) is 10.0. The minimum atomic E-state index is -1.99. The Hall–Kier alpha value is -3.55. The molecule has 3 heterocycles. The summed E-state index contributed by atoms with van der Waals surface area (Å²) in [7, 11) is 0. The normalized spacial score (nSPS) is 29.5. The van der Waals surface area contributed by atoms with Gasteiger partial charge < -0.3 is 89.9 Å². The van der Waals surface area contributed by atoms with Crippen LogP contribution in [0, 0.1) is 0 Å². The fourth-order valence-corrected chi connectivity index (χ4v) is 10.0. The Morgan fingerprint density at radius 1 is 0.430 bits per heavy atom. The second kappa shape index (κ2) is 48.3. The van der Waals surface area contributed by atoms with Crippen molar-refractivity contribution < 1.29 is 89.4 Å². The SMILES string of the molecule is CC/C=C\C/C=C\C/C=C\C/C=C\C/C=C\C/C=C\CCCCCCCCCCCCC(=O)NC(COC1OC(CO)C(OC2OC(CO)C(OC3OC(CO)C(O)C(O)C3O)C(O)C2O)C(O)C1O)C(O)/C=C/CC/C=C/CC/C=C/CCCC. The number of aliphatic hydroxyl groups is 11. The molecule has 0 aromatic rings. The molecule has 3 aliphatic rings. The van der Waals surface area contributed by atoms with Crippen molar-refractivity contribution in [1.82, 2.24) is 5.32 Å². The van der Waals surface area contributed by atoms with Crippen LogP contribution in [0.15, 0.2) is 109 Å². The lowest BCUT2D eigenvalue weighted by Crippen LogP contribution is -2.66. The molecule has 19 nitrogen and oxygen atoms in total. The summed E-state index contributed by atoms with van der Waals surface area (Å²) in [5.74, 6) is -0.302. The number of hydrogen-bond donors (Lipinski definition) is 12.